The van der Waals surface area contributed by atoms with Crippen LogP contribution in [0.1, 0.15) is 6.92 Å². The van der Waals surface area contributed by atoms with E-state index >= 15 is 0 Å². The molecule has 2 fully saturated rings. The second-order valence-corrected chi connectivity index (χ2v) is 8.69. The molecular formula is C16H25Cl2N3O3S. The fraction of sp³-hybridized carbons (Fsp3) is 0.562. The smallest absolute Gasteiger partial charge is 0.227 e. The van der Waals surface area contributed by atoms with Crippen LogP contribution in [0.4, 0.5) is 11.4 Å². The zero-order valence-corrected chi connectivity index (χ0v) is 16.6. The van der Waals surface area contributed by atoms with Gasteiger partial charge in [0.15, 0.2) is 9.84 Å². The number of anilines is 2. The fourth-order valence-corrected chi connectivity index (χ4v) is 4.09. The highest BCUT2D eigenvalue weighted by atomic mass is 35.5. The number of benzene rings is 1. The van der Waals surface area contributed by atoms with Gasteiger partial charge in [-0.25, -0.2) is 8.42 Å². The van der Waals surface area contributed by atoms with Crippen LogP contribution in [0, 0.1) is 11.8 Å². The van der Waals surface area contributed by atoms with Gasteiger partial charge in [-0.2, -0.15) is 0 Å². The Morgan fingerprint density at radius 3 is 2.44 bits per heavy atom. The number of hydrogen-bond acceptors (Lipinski definition) is 5. The third-order valence-electron chi connectivity index (χ3n) is 4.76. The molecule has 2 aliphatic heterocycles. The highest BCUT2D eigenvalue weighted by Gasteiger charge is 2.28. The standard InChI is InChI=1S/C16H23N3O3S.2ClH/c1-12(13-10-17-11-13)16(20)18-14-3-2-4-15(9-14)19-5-7-23(21,22)8-6-19;;/h2-4,9,12-13,17H,5-8,10-11H2,1H3,(H,18,20);2*1H. The first-order valence-corrected chi connectivity index (χ1v) is 9.84. The molecule has 1 amide bonds. The summed E-state index contributed by atoms with van der Waals surface area (Å²) in [6, 6.07) is 7.63. The summed E-state index contributed by atoms with van der Waals surface area (Å²) in [4.78, 5) is 14.3. The van der Waals surface area contributed by atoms with Crippen molar-refractivity contribution in [1.82, 2.24) is 5.32 Å². The fourth-order valence-electron chi connectivity index (χ4n) is 2.89. The number of carbonyl (C=O) groups excluding carboxylic acids is 1. The van der Waals surface area contributed by atoms with Crippen LogP contribution in [0.25, 0.3) is 0 Å². The molecule has 1 atom stereocenters. The summed E-state index contributed by atoms with van der Waals surface area (Å²) in [6.45, 7) is 4.77. The molecule has 1 unspecified atom stereocenters. The van der Waals surface area contributed by atoms with E-state index in [2.05, 4.69) is 15.5 Å². The summed E-state index contributed by atoms with van der Waals surface area (Å²) in [6.07, 6.45) is 0. The van der Waals surface area contributed by atoms with Crippen LogP contribution in [-0.4, -0.2) is 52.0 Å². The molecule has 0 radical (unpaired) electrons. The first-order valence-electron chi connectivity index (χ1n) is 8.02. The maximum Gasteiger partial charge on any atom is 0.227 e. The molecule has 2 heterocycles. The van der Waals surface area contributed by atoms with Gasteiger partial charge >= 0.3 is 0 Å². The number of hydrogen-bond donors (Lipinski definition) is 2. The molecule has 142 valence electrons. The molecular weight excluding hydrogens is 385 g/mol. The van der Waals surface area contributed by atoms with Crippen molar-refractivity contribution in [3.8, 4) is 0 Å². The Kier molecular flexibility index (Phi) is 7.99. The van der Waals surface area contributed by atoms with Crippen LogP contribution < -0.4 is 15.5 Å². The maximum absolute atomic E-state index is 12.3. The Balaban J connectivity index is 0.00000156. The highest BCUT2D eigenvalue weighted by Crippen LogP contribution is 2.23. The van der Waals surface area contributed by atoms with Gasteiger partial charge in [0, 0.05) is 30.4 Å². The number of nitrogens with one attached hydrogen (secondary N) is 2. The molecule has 2 N–H and O–H groups in total. The number of sulfone groups is 1. The molecule has 1 aromatic carbocycles. The van der Waals surface area contributed by atoms with Crippen molar-refractivity contribution in [3.05, 3.63) is 24.3 Å². The number of rotatable bonds is 4. The molecule has 0 bridgehead atoms. The summed E-state index contributed by atoms with van der Waals surface area (Å²) >= 11 is 0. The minimum atomic E-state index is -2.89. The van der Waals surface area contributed by atoms with Crippen LogP contribution >= 0.6 is 24.8 Å². The highest BCUT2D eigenvalue weighted by molar-refractivity contribution is 7.91. The Morgan fingerprint density at radius 1 is 1.24 bits per heavy atom. The van der Waals surface area contributed by atoms with E-state index in [0.29, 0.717) is 19.0 Å². The second-order valence-electron chi connectivity index (χ2n) is 6.39. The normalized spacial score (nSPS) is 20.4. The third kappa shape index (κ3) is 5.48. The van der Waals surface area contributed by atoms with E-state index < -0.39 is 9.84 Å². The van der Waals surface area contributed by atoms with Gasteiger partial charge in [-0.15, -0.1) is 24.8 Å². The van der Waals surface area contributed by atoms with Gasteiger partial charge < -0.3 is 15.5 Å². The van der Waals surface area contributed by atoms with Crippen molar-refractivity contribution in [3.63, 3.8) is 0 Å². The lowest BCUT2D eigenvalue weighted by Crippen LogP contribution is -2.48. The van der Waals surface area contributed by atoms with Crippen LogP contribution in [0.5, 0.6) is 0 Å². The van der Waals surface area contributed by atoms with Gasteiger partial charge in [0.05, 0.1) is 11.5 Å². The quantitative estimate of drug-likeness (QED) is 0.788. The monoisotopic (exact) mass is 409 g/mol. The lowest BCUT2D eigenvalue weighted by molar-refractivity contribution is -0.121. The Labute approximate surface area is 161 Å². The van der Waals surface area contributed by atoms with Gasteiger partial charge in [0.2, 0.25) is 5.91 Å². The van der Waals surface area contributed by atoms with Crippen molar-refractivity contribution in [1.29, 1.82) is 0 Å². The minimum Gasteiger partial charge on any atom is -0.369 e. The maximum atomic E-state index is 12.3. The lowest BCUT2D eigenvalue weighted by atomic mass is 9.88. The topological polar surface area (TPSA) is 78.5 Å². The van der Waals surface area contributed by atoms with E-state index in [4.69, 9.17) is 0 Å². The summed E-state index contributed by atoms with van der Waals surface area (Å²) < 4.78 is 23.0. The zero-order chi connectivity index (χ0) is 16.4. The van der Waals surface area contributed by atoms with Gasteiger partial charge in [-0.1, -0.05) is 13.0 Å². The summed E-state index contributed by atoms with van der Waals surface area (Å²) in [7, 11) is -2.89. The van der Waals surface area contributed by atoms with Gasteiger partial charge in [-0.05, 0) is 37.2 Å². The van der Waals surface area contributed by atoms with Crippen molar-refractivity contribution in [2.45, 2.75) is 6.92 Å². The van der Waals surface area contributed by atoms with Crippen molar-refractivity contribution >= 4 is 51.9 Å². The largest absolute Gasteiger partial charge is 0.369 e. The Hall–Kier alpha value is -1.02. The molecule has 0 spiro atoms. The molecule has 0 aliphatic carbocycles. The SMILES string of the molecule is CC(C(=O)Nc1cccc(N2CCS(=O)(=O)CC2)c1)C1CNC1.Cl.Cl. The molecule has 6 nitrogen and oxygen atoms in total. The third-order valence-corrected chi connectivity index (χ3v) is 6.37. The first-order chi connectivity index (χ1) is 10.9. The molecule has 3 rings (SSSR count). The van der Waals surface area contributed by atoms with E-state index in [1.807, 2.05) is 31.2 Å². The first kappa shape index (κ1) is 22.0. The lowest BCUT2D eigenvalue weighted by Gasteiger charge is -2.32. The molecule has 0 saturated carbocycles. The number of carbonyl (C=O) groups is 1. The van der Waals surface area contributed by atoms with Crippen LogP contribution in [0.3, 0.4) is 0 Å². The van der Waals surface area contributed by atoms with E-state index in [-0.39, 0.29) is 48.1 Å². The average Bonchev–Trinajstić information content (AvgIpc) is 2.45. The molecule has 2 aliphatic rings. The van der Waals surface area contributed by atoms with Crippen molar-refractivity contribution in [2.24, 2.45) is 11.8 Å². The minimum absolute atomic E-state index is 0. The average molecular weight is 410 g/mol. The van der Waals surface area contributed by atoms with Gasteiger partial charge in [0.1, 0.15) is 0 Å². The van der Waals surface area contributed by atoms with E-state index in [0.717, 1.165) is 24.5 Å². The van der Waals surface area contributed by atoms with Crippen LogP contribution in [-0.2, 0) is 14.6 Å². The van der Waals surface area contributed by atoms with Crippen LogP contribution in [0.15, 0.2) is 24.3 Å². The molecule has 2 saturated heterocycles. The van der Waals surface area contributed by atoms with Gasteiger partial charge in [-0.3, -0.25) is 4.79 Å². The predicted octanol–water partition coefficient (Wildman–Crippen LogP) is 1.56. The summed E-state index contributed by atoms with van der Waals surface area (Å²) in [5.41, 5.74) is 1.72. The van der Waals surface area contributed by atoms with Crippen molar-refractivity contribution < 1.29 is 13.2 Å². The second kappa shape index (κ2) is 9.07. The van der Waals surface area contributed by atoms with E-state index in [9.17, 15) is 13.2 Å². The molecule has 1 aromatic rings. The van der Waals surface area contributed by atoms with E-state index in [1.165, 1.54) is 0 Å². The molecule has 0 aromatic heterocycles. The van der Waals surface area contributed by atoms with Crippen LogP contribution in [0.2, 0.25) is 0 Å². The number of amides is 1. The Morgan fingerprint density at radius 2 is 1.88 bits per heavy atom. The Bertz CT molecular complexity index is 682. The van der Waals surface area contributed by atoms with Crippen molar-refractivity contribution in [2.75, 3.05) is 47.9 Å². The number of nitrogens with zero attached hydrogens (tertiary/aromatic N) is 1. The zero-order valence-electron chi connectivity index (χ0n) is 14.1. The number of halogens is 2. The molecule has 25 heavy (non-hydrogen) atoms. The van der Waals surface area contributed by atoms with Gasteiger partial charge in [0.25, 0.3) is 0 Å². The molecule has 9 heteroatoms. The summed E-state index contributed by atoms with van der Waals surface area (Å²) in [5.74, 6) is 0.810. The predicted molar refractivity (Wildman–Crippen MR) is 106 cm³/mol. The van der Waals surface area contributed by atoms with E-state index in [1.54, 1.807) is 0 Å². The summed E-state index contributed by atoms with van der Waals surface area (Å²) in [5, 5.41) is 6.16.